The first-order valence-electron chi connectivity index (χ1n) is 7.95. The molecule has 142 valence electrons. The van der Waals surface area contributed by atoms with Crippen LogP contribution >= 0.6 is 23.4 Å². The number of hydrogen-bond acceptors (Lipinski definition) is 7. The Morgan fingerprint density at radius 1 is 0.963 bits per heavy atom. The molecule has 27 heavy (non-hydrogen) atoms. The van der Waals surface area contributed by atoms with Crippen LogP contribution in [0, 0.1) is 0 Å². The lowest BCUT2D eigenvalue weighted by atomic mass is 10.2. The molecule has 0 amide bonds. The van der Waals surface area contributed by atoms with E-state index in [1.807, 2.05) is 18.2 Å². The number of ether oxygens (including phenoxy) is 3. The third-order valence-corrected chi connectivity index (χ3v) is 5.13. The van der Waals surface area contributed by atoms with Crippen LogP contribution in [0.1, 0.15) is 5.56 Å². The molecule has 1 heterocycles. The minimum absolute atomic E-state index is 0.525. The van der Waals surface area contributed by atoms with Gasteiger partial charge in [-0.25, -0.2) is 4.68 Å². The van der Waals surface area contributed by atoms with Gasteiger partial charge in [-0.3, -0.25) is 0 Å². The third-order valence-electron chi connectivity index (χ3n) is 3.91. The Morgan fingerprint density at radius 3 is 2.37 bits per heavy atom. The monoisotopic (exact) mass is 406 g/mol. The van der Waals surface area contributed by atoms with Crippen molar-refractivity contribution in [1.29, 1.82) is 0 Å². The minimum Gasteiger partial charge on any atom is -0.496 e. The first kappa shape index (κ1) is 19.2. The first-order chi connectivity index (χ1) is 13.1. The van der Waals surface area contributed by atoms with Gasteiger partial charge in [-0.1, -0.05) is 23.4 Å². The summed E-state index contributed by atoms with van der Waals surface area (Å²) >= 11 is 7.52. The lowest BCUT2D eigenvalue weighted by Crippen LogP contribution is -2.11. The van der Waals surface area contributed by atoms with Gasteiger partial charge in [0.05, 0.1) is 21.3 Å². The number of halogens is 1. The van der Waals surface area contributed by atoms with Gasteiger partial charge in [0, 0.05) is 21.9 Å². The van der Waals surface area contributed by atoms with Crippen LogP contribution in [0.5, 0.6) is 17.2 Å². The van der Waals surface area contributed by atoms with Crippen LogP contribution in [0.25, 0.3) is 11.4 Å². The summed E-state index contributed by atoms with van der Waals surface area (Å²) in [6.07, 6.45) is 0. The third kappa shape index (κ3) is 4.06. The fraction of sp³-hybridized carbons (Fsp3) is 0.222. The summed E-state index contributed by atoms with van der Waals surface area (Å²) in [5.41, 5.74) is 1.72. The predicted molar refractivity (Wildman–Crippen MR) is 106 cm³/mol. The number of rotatable bonds is 7. The average molecular weight is 407 g/mol. The van der Waals surface area contributed by atoms with Crippen molar-refractivity contribution in [3.8, 4) is 28.6 Å². The second-order valence-electron chi connectivity index (χ2n) is 5.49. The Labute approximate surface area is 166 Å². The summed E-state index contributed by atoms with van der Waals surface area (Å²) in [6.45, 7) is 0. The van der Waals surface area contributed by atoms with E-state index in [9.17, 15) is 0 Å². The highest BCUT2D eigenvalue weighted by atomic mass is 35.5. The Morgan fingerprint density at radius 2 is 1.67 bits per heavy atom. The molecule has 9 heteroatoms. The van der Waals surface area contributed by atoms with Crippen molar-refractivity contribution in [2.45, 2.75) is 10.9 Å². The molecular weight excluding hydrogens is 388 g/mol. The largest absolute Gasteiger partial charge is 0.496 e. The van der Waals surface area contributed by atoms with E-state index in [-0.39, 0.29) is 0 Å². The number of nitrogen functional groups attached to an aromatic ring is 1. The highest BCUT2D eigenvalue weighted by molar-refractivity contribution is 7.98. The molecular formula is C18H19ClN4O3S. The topological polar surface area (TPSA) is 84.4 Å². The lowest BCUT2D eigenvalue weighted by Gasteiger charge is -2.10. The smallest absolute Gasteiger partial charge is 0.210 e. The Bertz CT molecular complexity index is 948. The van der Waals surface area contributed by atoms with Crippen molar-refractivity contribution in [2.75, 3.05) is 27.2 Å². The maximum atomic E-state index is 6.20. The predicted octanol–water partition coefficient (Wildman–Crippen LogP) is 3.63. The van der Waals surface area contributed by atoms with Crippen molar-refractivity contribution in [2.24, 2.45) is 0 Å². The van der Waals surface area contributed by atoms with Crippen LogP contribution in [0.15, 0.2) is 41.6 Å². The average Bonchev–Trinajstić information content (AvgIpc) is 3.06. The number of thioether (sulfide) groups is 1. The SMILES string of the molecule is COc1ccc(Cl)cc1CSc1nnc(-c2ccc(OC)c(OC)c2)n1N. The van der Waals surface area contributed by atoms with E-state index < -0.39 is 0 Å². The summed E-state index contributed by atoms with van der Waals surface area (Å²) in [6, 6.07) is 10.9. The molecule has 0 saturated carbocycles. The molecule has 0 spiro atoms. The van der Waals surface area contributed by atoms with Crippen molar-refractivity contribution in [1.82, 2.24) is 14.9 Å². The van der Waals surface area contributed by atoms with E-state index in [0.717, 1.165) is 16.9 Å². The zero-order chi connectivity index (χ0) is 19.4. The summed E-state index contributed by atoms with van der Waals surface area (Å²) in [4.78, 5) is 0. The van der Waals surface area contributed by atoms with Gasteiger partial charge in [-0.2, -0.15) is 0 Å². The van der Waals surface area contributed by atoms with Crippen molar-refractivity contribution in [3.63, 3.8) is 0 Å². The molecule has 0 unspecified atom stereocenters. The summed E-state index contributed by atoms with van der Waals surface area (Å²) in [5, 5.41) is 9.61. The Kier molecular flexibility index (Phi) is 5.98. The van der Waals surface area contributed by atoms with E-state index >= 15 is 0 Å². The van der Waals surface area contributed by atoms with Gasteiger partial charge in [0.15, 0.2) is 17.3 Å². The molecule has 1 aromatic heterocycles. The van der Waals surface area contributed by atoms with Gasteiger partial charge in [0.2, 0.25) is 5.16 Å². The van der Waals surface area contributed by atoms with Crippen molar-refractivity contribution >= 4 is 23.4 Å². The van der Waals surface area contributed by atoms with Gasteiger partial charge < -0.3 is 20.1 Å². The molecule has 0 aliphatic heterocycles. The van der Waals surface area contributed by atoms with Crippen molar-refractivity contribution in [3.05, 3.63) is 47.0 Å². The van der Waals surface area contributed by atoms with Crippen molar-refractivity contribution < 1.29 is 14.2 Å². The quantitative estimate of drug-likeness (QED) is 0.473. The van der Waals surface area contributed by atoms with E-state index in [1.54, 1.807) is 39.5 Å². The maximum absolute atomic E-state index is 6.20. The molecule has 0 atom stereocenters. The van der Waals surface area contributed by atoms with Gasteiger partial charge in [-0.15, -0.1) is 10.2 Å². The van der Waals surface area contributed by atoms with E-state index in [1.165, 1.54) is 16.4 Å². The molecule has 0 radical (unpaired) electrons. The van der Waals surface area contributed by atoms with Crippen LogP contribution in [0.2, 0.25) is 5.02 Å². The normalized spacial score (nSPS) is 10.7. The van der Waals surface area contributed by atoms with Crippen LogP contribution in [-0.4, -0.2) is 36.2 Å². The van der Waals surface area contributed by atoms with Gasteiger partial charge >= 0.3 is 0 Å². The minimum atomic E-state index is 0.525. The zero-order valence-electron chi connectivity index (χ0n) is 15.1. The molecule has 2 aromatic carbocycles. The van der Waals surface area contributed by atoms with Crippen LogP contribution in [0.4, 0.5) is 0 Å². The Hall–Kier alpha value is -2.58. The van der Waals surface area contributed by atoms with Crippen LogP contribution in [-0.2, 0) is 5.75 Å². The molecule has 0 aliphatic rings. The molecule has 0 saturated heterocycles. The highest BCUT2D eigenvalue weighted by Gasteiger charge is 2.15. The molecule has 0 aliphatic carbocycles. The standard InChI is InChI=1S/C18H19ClN4O3S/c1-24-14-7-5-13(19)8-12(14)10-27-18-22-21-17(23(18)20)11-4-6-15(25-2)16(9-11)26-3/h4-9H,10,20H2,1-3H3. The fourth-order valence-electron chi connectivity index (χ4n) is 2.55. The number of hydrogen-bond donors (Lipinski definition) is 1. The van der Waals surface area contributed by atoms with Crippen LogP contribution < -0.4 is 20.1 Å². The molecule has 3 rings (SSSR count). The summed E-state index contributed by atoms with van der Waals surface area (Å²) in [5.74, 6) is 9.30. The van der Waals surface area contributed by atoms with Crippen LogP contribution in [0.3, 0.4) is 0 Å². The molecule has 0 fully saturated rings. The molecule has 7 nitrogen and oxygen atoms in total. The lowest BCUT2D eigenvalue weighted by molar-refractivity contribution is 0.355. The molecule has 0 bridgehead atoms. The van der Waals surface area contributed by atoms with E-state index in [0.29, 0.717) is 33.3 Å². The number of methoxy groups -OCH3 is 3. The number of aromatic nitrogens is 3. The second kappa shape index (κ2) is 8.41. The first-order valence-corrected chi connectivity index (χ1v) is 9.31. The number of benzene rings is 2. The van der Waals surface area contributed by atoms with Gasteiger partial charge in [-0.05, 0) is 36.4 Å². The molecule has 2 N–H and O–H groups in total. The molecule has 3 aromatic rings. The van der Waals surface area contributed by atoms with E-state index in [2.05, 4.69) is 10.2 Å². The van der Waals surface area contributed by atoms with Gasteiger partial charge in [0.25, 0.3) is 0 Å². The second-order valence-corrected chi connectivity index (χ2v) is 6.87. The van der Waals surface area contributed by atoms with Gasteiger partial charge in [0.1, 0.15) is 5.75 Å². The number of nitrogens with two attached hydrogens (primary N) is 1. The highest BCUT2D eigenvalue weighted by Crippen LogP contribution is 2.33. The summed E-state index contributed by atoms with van der Waals surface area (Å²) < 4.78 is 17.4. The summed E-state index contributed by atoms with van der Waals surface area (Å²) in [7, 11) is 4.79. The fourth-order valence-corrected chi connectivity index (χ4v) is 3.58. The number of nitrogens with zero attached hydrogens (tertiary/aromatic N) is 3. The zero-order valence-corrected chi connectivity index (χ0v) is 16.7. The van der Waals surface area contributed by atoms with E-state index in [4.69, 9.17) is 31.7 Å². The Balaban J connectivity index is 1.83. The maximum Gasteiger partial charge on any atom is 0.210 e.